The Hall–Kier alpha value is -1.85. The van der Waals surface area contributed by atoms with Gasteiger partial charge in [-0.05, 0) is 43.2 Å². The largest absolute Gasteiger partial charge is 0.321 e. The zero-order valence-electron chi connectivity index (χ0n) is 11.8. The van der Waals surface area contributed by atoms with Gasteiger partial charge in [-0.1, -0.05) is 17.7 Å². The second-order valence-electron chi connectivity index (χ2n) is 5.11. The van der Waals surface area contributed by atoms with Gasteiger partial charge in [-0.15, -0.1) is 11.3 Å². The molecule has 0 aliphatic carbocycles. The van der Waals surface area contributed by atoms with Crippen molar-refractivity contribution in [1.82, 2.24) is 0 Å². The SMILES string of the molecule is O=C(Nc1cccc(N2CCCCC2=O)c1)c1ccc(Cl)s1. The van der Waals surface area contributed by atoms with Crippen molar-refractivity contribution in [1.29, 1.82) is 0 Å². The number of halogens is 1. The maximum Gasteiger partial charge on any atom is 0.265 e. The van der Waals surface area contributed by atoms with E-state index in [1.165, 1.54) is 11.3 Å². The van der Waals surface area contributed by atoms with Crippen LogP contribution in [-0.2, 0) is 4.79 Å². The molecule has 2 amide bonds. The number of piperidine rings is 1. The van der Waals surface area contributed by atoms with E-state index in [0.717, 1.165) is 25.1 Å². The molecule has 0 saturated carbocycles. The first kappa shape index (κ1) is 15.1. The van der Waals surface area contributed by atoms with Crippen molar-refractivity contribution >= 4 is 46.1 Å². The van der Waals surface area contributed by atoms with Crippen LogP contribution in [-0.4, -0.2) is 18.4 Å². The van der Waals surface area contributed by atoms with E-state index in [9.17, 15) is 9.59 Å². The van der Waals surface area contributed by atoms with E-state index in [2.05, 4.69) is 5.32 Å². The van der Waals surface area contributed by atoms with E-state index in [1.54, 1.807) is 17.0 Å². The molecule has 4 nitrogen and oxygen atoms in total. The van der Waals surface area contributed by atoms with Crippen LogP contribution in [0.5, 0.6) is 0 Å². The molecule has 1 N–H and O–H groups in total. The summed E-state index contributed by atoms with van der Waals surface area (Å²) in [6.07, 6.45) is 2.55. The van der Waals surface area contributed by atoms with Crippen molar-refractivity contribution < 1.29 is 9.59 Å². The highest BCUT2D eigenvalue weighted by Gasteiger charge is 2.20. The highest BCUT2D eigenvalue weighted by Crippen LogP contribution is 2.26. The van der Waals surface area contributed by atoms with Crippen LogP contribution in [0.25, 0.3) is 0 Å². The third-order valence-electron chi connectivity index (χ3n) is 3.54. The Morgan fingerprint density at radius 3 is 2.82 bits per heavy atom. The fourth-order valence-electron chi connectivity index (χ4n) is 2.46. The van der Waals surface area contributed by atoms with Crippen LogP contribution < -0.4 is 10.2 Å². The van der Waals surface area contributed by atoms with Crippen molar-refractivity contribution in [3.63, 3.8) is 0 Å². The fraction of sp³-hybridized carbons (Fsp3) is 0.250. The molecular weight excluding hydrogens is 320 g/mol. The number of hydrogen-bond donors (Lipinski definition) is 1. The van der Waals surface area contributed by atoms with Gasteiger partial charge in [0.25, 0.3) is 5.91 Å². The summed E-state index contributed by atoms with van der Waals surface area (Å²) in [5.74, 6) is -0.0567. The predicted octanol–water partition coefficient (Wildman–Crippen LogP) is 4.17. The number of hydrogen-bond acceptors (Lipinski definition) is 3. The predicted molar refractivity (Wildman–Crippen MR) is 89.9 cm³/mol. The number of thiophene rings is 1. The lowest BCUT2D eigenvalue weighted by atomic mass is 10.1. The molecule has 2 heterocycles. The molecule has 1 aromatic carbocycles. The Morgan fingerprint density at radius 1 is 1.23 bits per heavy atom. The number of anilines is 2. The Labute approximate surface area is 137 Å². The second-order valence-corrected chi connectivity index (χ2v) is 6.83. The first-order valence-electron chi connectivity index (χ1n) is 7.10. The maximum absolute atomic E-state index is 12.1. The third kappa shape index (κ3) is 3.31. The minimum atomic E-state index is -0.195. The Bertz CT molecular complexity index is 714. The van der Waals surface area contributed by atoms with Crippen LogP contribution in [0.4, 0.5) is 11.4 Å². The zero-order chi connectivity index (χ0) is 15.5. The normalized spacial score (nSPS) is 15.0. The summed E-state index contributed by atoms with van der Waals surface area (Å²) >= 11 is 7.08. The van der Waals surface area contributed by atoms with Gasteiger partial charge in [-0.2, -0.15) is 0 Å². The maximum atomic E-state index is 12.1. The molecular formula is C16H15ClN2O2S. The molecule has 1 aromatic heterocycles. The minimum Gasteiger partial charge on any atom is -0.321 e. The Balaban J connectivity index is 1.76. The third-order valence-corrected chi connectivity index (χ3v) is 4.77. The van der Waals surface area contributed by atoms with Crippen LogP contribution in [0.15, 0.2) is 36.4 Å². The molecule has 0 radical (unpaired) electrons. The van der Waals surface area contributed by atoms with Gasteiger partial charge in [0, 0.05) is 24.3 Å². The number of carbonyl (C=O) groups excluding carboxylic acids is 2. The highest BCUT2D eigenvalue weighted by atomic mass is 35.5. The number of rotatable bonds is 3. The van der Waals surface area contributed by atoms with Crippen molar-refractivity contribution in [3.05, 3.63) is 45.6 Å². The van der Waals surface area contributed by atoms with Crippen LogP contribution in [0.1, 0.15) is 28.9 Å². The van der Waals surface area contributed by atoms with Crippen molar-refractivity contribution in [2.24, 2.45) is 0 Å². The molecule has 2 aromatic rings. The number of amides is 2. The van der Waals surface area contributed by atoms with E-state index in [-0.39, 0.29) is 11.8 Å². The molecule has 0 unspecified atom stereocenters. The standard InChI is InChI=1S/C16H15ClN2O2S/c17-14-8-7-13(22-14)16(21)18-11-4-3-5-12(10-11)19-9-2-1-6-15(19)20/h3-5,7-8,10H,1-2,6,9H2,(H,18,21). The van der Waals surface area contributed by atoms with Gasteiger partial charge < -0.3 is 10.2 Å². The summed E-state index contributed by atoms with van der Waals surface area (Å²) in [6, 6.07) is 10.8. The smallest absolute Gasteiger partial charge is 0.265 e. The van der Waals surface area contributed by atoms with Crippen LogP contribution in [0.2, 0.25) is 4.34 Å². The molecule has 1 aliphatic rings. The first-order chi connectivity index (χ1) is 10.6. The van der Waals surface area contributed by atoms with Crippen LogP contribution in [0.3, 0.4) is 0 Å². The quantitative estimate of drug-likeness (QED) is 0.915. The van der Waals surface area contributed by atoms with E-state index in [1.807, 2.05) is 24.3 Å². The van der Waals surface area contributed by atoms with Gasteiger partial charge in [-0.3, -0.25) is 9.59 Å². The van der Waals surface area contributed by atoms with Crippen LogP contribution in [0, 0.1) is 0 Å². The van der Waals surface area contributed by atoms with Gasteiger partial charge in [-0.25, -0.2) is 0 Å². The average molecular weight is 335 g/mol. The lowest BCUT2D eigenvalue weighted by molar-refractivity contribution is -0.119. The molecule has 0 spiro atoms. The van der Waals surface area contributed by atoms with E-state index in [0.29, 0.717) is 21.3 Å². The zero-order valence-corrected chi connectivity index (χ0v) is 13.4. The van der Waals surface area contributed by atoms with E-state index in [4.69, 9.17) is 11.6 Å². The molecule has 6 heteroatoms. The number of carbonyl (C=O) groups is 2. The van der Waals surface area contributed by atoms with E-state index >= 15 is 0 Å². The number of benzene rings is 1. The lowest BCUT2D eigenvalue weighted by Crippen LogP contribution is -2.35. The molecule has 1 aliphatic heterocycles. The fourth-order valence-corrected chi connectivity index (χ4v) is 3.40. The Kier molecular flexibility index (Phi) is 4.45. The molecule has 0 atom stereocenters. The molecule has 1 fully saturated rings. The summed E-state index contributed by atoms with van der Waals surface area (Å²) in [7, 11) is 0. The van der Waals surface area contributed by atoms with Gasteiger partial charge in [0.1, 0.15) is 0 Å². The van der Waals surface area contributed by atoms with Gasteiger partial charge in [0.2, 0.25) is 5.91 Å². The van der Waals surface area contributed by atoms with Gasteiger partial charge in [0.15, 0.2) is 0 Å². The molecule has 1 saturated heterocycles. The second kappa shape index (κ2) is 6.50. The summed E-state index contributed by atoms with van der Waals surface area (Å²) in [6.45, 7) is 0.733. The average Bonchev–Trinajstić information content (AvgIpc) is 2.95. The number of nitrogens with zero attached hydrogens (tertiary/aromatic N) is 1. The van der Waals surface area contributed by atoms with Crippen LogP contribution >= 0.6 is 22.9 Å². The summed E-state index contributed by atoms with van der Waals surface area (Å²) in [4.78, 5) is 26.5. The highest BCUT2D eigenvalue weighted by molar-refractivity contribution is 7.18. The van der Waals surface area contributed by atoms with Crippen molar-refractivity contribution in [2.75, 3.05) is 16.8 Å². The lowest BCUT2D eigenvalue weighted by Gasteiger charge is -2.27. The number of nitrogens with one attached hydrogen (secondary N) is 1. The van der Waals surface area contributed by atoms with Crippen molar-refractivity contribution in [2.45, 2.75) is 19.3 Å². The summed E-state index contributed by atoms with van der Waals surface area (Å²) in [5, 5.41) is 2.84. The Morgan fingerprint density at radius 2 is 2.09 bits per heavy atom. The molecule has 22 heavy (non-hydrogen) atoms. The molecule has 114 valence electrons. The van der Waals surface area contributed by atoms with Gasteiger partial charge in [0.05, 0.1) is 9.21 Å². The molecule has 0 bridgehead atoms. The van der Waals surface area contributed by atoms with Gasteiger partial charge >= 0.3 is 0 Å². The topological polar surface area (TPSA) is 49.4 Å². The first-order valence-corrected chi connectivity index (χ1v) is 8.30. The van der Waals surface area contributed by atoms with Crippen molar-refractivity contribution in [3.8, 4) is 0 Å². The summed E-state index contributed by atoms with van der Waals surface area (Å²) < 4.78 is 0.581. The van der Waals surface area contributed by atoms with E-state index < -0.39 is 0 Å². The molecule has 3 rings (SSSR count). The monoisotopic (exact) mass is 334 g/mol. The summed E-state index contributed by atoms with van der Waals surface area (Å²) in [5.41, 5.74) is 1.50. The minimum absolute atomic E-state index is 0.139.